The van der Waals surface area contributed by atoms with Crippen molar-refractivity contribution in [2.24, 2.45) is 5.41 Å². The summed E-state index contributed by atoms with van der Waals surface area (Å²) in [6.45, 7) is 9.95. The van der Waals surface area contributed by atoms with Gasteiger partial charge >= 0.3 is 0 Å². The van der Waals surface area contributed by atoms with E-state index in [4.69, 9.17) is 0 Å². The Labute approximate surface area is 141 Å². The molecular weight excluding hydrogens is 308 g/mol. The Morgan fingerprint density at radius 1 is 1.46 bits per heavy atom. The van der Waals surface area contributed by atoms with Gasteiger partial charge in [-0.1, -0.05) is 13.8 Å². The first-order valence-corrected chi connectivity index (χ1v) is 8.12. The zero-order chi connectivity index (χ0) is 18.1. The Morgan fingerprint density at radius 2 is 2.12 bits per heavy atom. The van der Waals surface area contributed by atoms with Gasteiger partial charge in [-0.3, -0.25) is 14.7 Å². The Morgan fingerprint density at radius 3 is 2.75 bits per heavy atom. The van der Waals surface area contributed by atoms with Crippen LogP contribution < -0.4 is 10.9 Å². The molecule has 24 heavy (non-hydrogen) atoms. The predicted octanol–water partition coefficient (Wildman–Crippen LogP) is 1.10. The lowest BCUT2D eigenvalue weighted by atomic mass is 9.87. The second-order valence-electron chi connectivity index (χ2n) is 7.25. The number of aliphatic hydroxyl groups is 1. The van der Waals surface area contributed by atoms with Gasteiger partial charge in [-0.15, -0.1) is 0 Å². The first-order chi connectivity index (χ1) is 11.1. The van der Waals surface area contributed by atoms with Crippen LogP contribution in [0.4, 0.5) is 0 Å². The van der Waals surface area contributed by atoms with E-state index in [9.17, 15) is 14.7 Å². The summed E-state index contributed by atoms with van der Waals surface area (Å²) in [7, 11) is 0. The van der Waals surface area contributed by atoms with Crippen molar-refractivity contribution in [1.82, 2.24) is 19.9 Å². The summed E-state index contributed by atoms with van der Waals surface area (Å²) in [5.41, 5.74) is 2.51. The van der Waals surface area contributed by atoms with Crippen molar-refractivity contribution in [3.05, 3.63) is 33.4 Å². The number of hydrogen-bond acceptors (Lipinski definition) is 4. The Bertz CT molecular complexity index is 802. The van der Waals surface area contributed by atoms with Gasteiger partial charge in [0, 0.05) is 29.6 Å². The van der Waals surface area contributed by atoms with Gasteiger partial charge in [-0.2, -0.15) is 0 Å². The molecule has 0 bridgehead atoms. The van der Waals surface area contributed by atoms with E-state index < -0.39 is 6.10 Å². The maximum absolute atomic E-state index is 12.3. The molecule has 2 heterocycles. The SMILES string of the molecule is Cc1nc2cc(=O)[nH]n2c(C)c1CC(=O)NCC(C)(C)CC(C)O. The van der Waals surface area contributed by atoms with Crippen LogP contribution in [0.3, 0.4) is 0 Å². The van der Waals surface area contributed by atoms with Gasteiger partial charge in [-0.25, -0.2) is 9.50 Å². The molecule has 3 N–H and O–H groups in total. The molecule has 7 nitrogen and oxygen atoms in total. The fraction of sp³-hybridized carbons (Fsp3) is 0.588. The molecule has 1 atom stereocenters. The minimum absolute atomic E-state index is 0.101. The van der Waals surface area contributed by atoms with Crippen LogP contribution in [0.25, 0.3) is 5.65 Å². The molecule has 2 aromatic heterocycles. The standard InChI is InChI=1S/C17H26N4O3/c1-10(22)8-17(4,5)9-18-15(23)6-13-11(2)19-14-7-16(24)20-21(14)12(13)3/h7,10,22H,6,8-9H2,1-5H3,(H,18,23)(H,20,24). The zero-order valence-corrected chi connectivity index (χ0v) is 14.9. The summed E-state index contributed by atoms with van der Waals surface area (Å²) in [5, 5.41) is 15.1. The number of hydrogen-bond donors (Lipinski definition) is 3. The average Bonchev–Trinajstić information content (AvgIpc) is 2.80. The topological polar surface area (TPSA) is 99.5 Å². The number of aromatic amines is 1. The van der Waals surface area contributed by atoms with Crippen molar-refractivity contribution >= 4 is 11.6 Å². The number of aryl methyl sites for hydroxylation is 2. The molecule has 0 saturated carbocycles. The monoisotopic (exact) mass is 334 g/mol. The van der Waals surface area contributed by atoms with E-state index in [-0.39, 0.29) is 23.3 Å². The van der Waals surface area contributed by atoms with Gasteiger partial charge in [-0.05, 0) is 32.6 Å². The smallest absolute Gasteiger partial charge is 0.266 e. The summed E-state index contributed by atoms with van der Waals surface area (Å²) in [6.07, 6.45) is 0.410. The Balaban J connectivity index is 2.12. The van der Waals surface area contributed by atoms with Crippen LogP contribution in [0.2, 0.25) is 0 Å². The lowest BCUT2D eigenvalue weighted by molar-refractivity contribution is -0.121. The van der Waals surface area contributed by atoms with Gasteiger partial charge in [0.1, 0.15) is 0 Å². The molecule has 7 heteroatoms. The van der Waals surface area contributed by atoms with Crippen LogP contribution in [-0.2, 0) is 11.2 Å². The number of fused-ring (bicyclic) bond motifs is 1. The van der Waals surface area contributed by atoms with Crippen molar-refractivity contribution in [3.63, 3.8) is 0 Å². The van der Waals surface area contributed by atoms with E-state index in [1.165, 1.54) is 6.07 Å². The van der Waals surface area contributed by atoms with Crippen LogP contribution in [0.5, 0.6) is 0 Å². The lowest BCUT2D eigenvalue weighted by Gasteiger charge is -2.26. The molecule has 2 rings (SSSR count). The van der Waals surface area contributed by atoms with Gasteiger partial charge in [0.2, 0.25) is 5.91 Å². The molecule has 2 aromatic rings. The van der Waals surface area contributed by atoms with Crippen LogP contribution in [0.1, 0.15) is 44.1 Å². The molecule has 0 saturated heterocycles. The largest absolute Gasteiger partial charge is 0.393 e. The minimum Gasteiger partial charge on any atom is -0.393 e. The third kappa shape index (κ3) is 4.23. The normalized spacial score (nSPS) is 13.2. The van der Waals surface area contributed by atoms with Crippen molar-refractivity contribution in [2.75, 3.05) is 6.54 Å². The fourth-order valence-corrected chi connectivity index (χ4v) is 3.04. The maximum Gasteiger partial charge on any atom is 0.266 e. The van der Waals surface area contributed by atoms with Crippen molar-refractivity contribution in [2.45, 2.75) is 53.6 Å². The number of rotatable bonds is 6. The van der Waals surface area contributed by atoms with Gasteiger partial charge < -0.3 is 10.4 Å². The van der Waals surface area contributed by atoms with Crippen molar-refractivity contribution in [3.8, 4) is 0 Å². The molecule has 1 unspecified atom stereocenters. The fourth-order valence-electron chi connectivity index (χ4n) is 3.04. The molecule has 0 aliphatic carbocycles. The van der Waals surface area contributed by atoms with Crippen LogP contribution >= 0.6 is 0 Å². The summed E-state index contributed by atoms with van der Waals surface area (Å²) in [6, 6.07) is 1.43. The number of nitrogens with one attached hydrogen (secondary N) is 2. The second kappa shape index (κ2) is 6.76. The number of nitrogens with zero attached hydrogens (tertiary/aromatic N) is 2. The van der Waals surface area contributed by atoms with Crippen molar-refractivity contribution in [1.29, 1.82) is 0 Å². The summed E-state index contributed by atoms with van der Waals surface area (Å²) >= 11 is 0. The highest BCUT2D eigenvalue weighted by Crippen LogP contribution is 2.21. The van der Waals surface area contributed by atoms with Gasteiger partial charge in [0.15, 0.2) is 5.65 Å². The van der Waals surface area contributed by atoms with Gasteiger partial charge in [0.25, 0.3) is 5.56 Å². The minimum atomic E-state index is -0.404. The predicted molar refractivity (Wildman–Crippen MR) is 92.1 cm³/mol. The number of carbonyl (C=O) groups excluding carboxylic acids is 1. The van der Waals surface area contributed by atoms with E-state index >= 15 is 0 Å². The first kappa shape index (κ1) is 18.2. The van der Waals surface area contributed by atoms with E-state index in [0.717, 1.165) is 17.0 Å². The molecule has 0 aliphatic heterocycles. The third-order valence-electron chi connectivity index (χ3n) is 4.15. The molecule has 1 amide bonds. The lowest BCUT2D eigenvalue weighted by Crippen LogP contribution is -2.36. The highest BCUT2D eigenvalue weighted by Gasteiger charge is 2.22. The van der Waals surface area contributed by atoms with E-state index in [2.05, 4.69) is 15.4 Å². The number of amides is 1. The maximum atomic E-state index is 12.3. The molecule has 0 fully saturated rings. The average molecular weight is 334 g/mol. The zero-order valence-electron chi connectivity index (χ0n) is 14.9. The van der Waals surface area contributed by atoms with Crippen LogP contribution in [0.15, 0.2) is 10.9 Å². The highest BCUT2D eigenvalue weighted by molar-refractivity contribution is 5.79. The number of aliphatic hydroxyl groups excluding tert-OH is 1. The first-order valence-electron chi connectivity index (χ1n) is 8.12. The molecular formula is C17H26N4O3. The highest BCUT2D eigenvalue weighted by atomic mass is 16.3. The quantitative estimate of drug-likeness (QED) is 0.736. The number of H-pyrrole nitrogens is 1. The summed E-state index contributed by atoms with van der Waals surface area (Å²) in [5.74, 6) is -0.101. The van der Waals surface area contributed by atoms with E-state index in [0.29, 0.717) is 18.6 Å². The van der Waals surface area contributed by atoms with E-state index in [1.807, 2.05) is 27.7 Å². The van der Waals surface area contributed by atoms with E-state index in [1.54, 1.807) is 11.4 Å². The Hall–Kier alpha value is -2.15. The molecule has 0 radical (unpaired) electrons. The van der Waals surface area contributed by atoms with Crippen LogP contribution in [0, 0.1) is 19.3 Å². The molecule has 132 valence electrons. The van der Waals surface area contributed by atoms with Crippen LogP contribution in [-0.4, -0.2) is 38.3 Å². The summed E-state index contributed by atoms with van der Waals surface area (Å²) in [4.78, 5) is 28.2. The number of aromatic nitrogens is 3. The Kier molecular flexibility index (Phi) is 5.13. The third-order valence-corrected chi connectivity index (χ3v) is 4.15. The number of carbonyl (C=O) groups is 1. The van der Waals surface area contributed by atoms with Crippen molar-refractivity contribution < 1.29 is 9.90 Å². The second-order valence-corrected chi connectivity index (χ2v) is 7.25. The molecule has 0 aromatic carbocycles. The molecule has 0 spiro atoms. The summed E-state index contributed by atoms with van der Waals surface area (Å²) < 4.78 is 1.61. The molecule has 0 aliphatic rings. The van der Waals surface area contributed by atoms with Gasteiger partial charge in [0.05, 0.1) is 12.5 Å².